The first-order chi connectivity index (χ1) is 13.3. The summed E-state index contributed by atoms with van der Waals surface area (Å²) >= 11 is 1.03. The lowest BCUT2D eigenvalue weighted by molar-refractivity contribution is -0.143. The van der Waals surface area contributed by atoms with Crippen LogP contribution in [0.5, 0.6) is 0 Å². The van der Waals surface area contributed by atoms with E-state index in [-0.39, 0.29) is 30.8 Å². The molecule has 1 aliphatic heterocycles. The van der Waals surface area contributed by atoms with Crippen LogP contribution in [0.25, 0.3) is 0 Å². The molecule has 0 aromatic heterocycles. The highest BCUT2D eigenvalue weighted by atomic mass is 32.2. The summed E-state index contributed by atoms with van der Waals surface area (Å²) < 4.78 is 17.8. The van der Waals surface area contributed by atoms with Crippen molar-refractivity contribution in [2.24, 2.45) is 0 Å². The molecule has 1 saturated heterocycles. The first-order valence-corrected chi connectivity index (χ1v) is 12.0. The maximum Gasteiger partial charge on any atom is 0.305 e. The van der Waals surface area contributed by atoms with E-state index < -0.39 is 31.1 Å². The van der Waals surface area contributed by atoms with Crippen LogP contribution >= 0.6 is 19.1 Å². The Morgan fingerprint density at radius 3 is 2.71 bits per heavy atom. The average Bonchev–Trinajstić information content (AvgIpc) is 3.06. The van der Waals surface area contributed by atoms with Crippen LogP contribution in [0.1, 0.15) is 25.3 Å². The van der Waals surface area contributed by atoms with Crippen molar-refractivity contribution in [2.45, 2.75) is 38.0 Å². The number of rotatable bonds is 10. The zero-order chi connectivity index (χ0) is 20.6. The van der Waals surface area contributed by atoms with Crippen LogP contribution in [-0.4, -0.2) is 52.4 Å². The predicted molar refractivity (Wildman–Crippen MR) is 107 cm³/mol. The van der Waals surface area contributed by atoms with E-state index in [1.807, 2.05) is 30.3 Å². The molecule has 1 aliphatic rings. The van der Waals surface area contributed by atoms with Crippen molar-refractivity contribution >= 4 is 36.2 Å². The van der Waals surface area contributed by atoms with E-state index in [0.717, 1.165) is 17.3 Å². The van der Waals surface area contributed by atoms with Crippen molar-refractivity contribution in [3.63, 3.8) is 0 Å². The van der Waals surface area contributed by atoms with Gasteiger partial charge in [0.15, 0.2) is 0 Å². The van der Waals surface area contributed by atoms with E-state index in [4.69, 9.17) is 4.74 Å². The molecule has 0 saturated carbocycles. The molecular formula is C18H25N2O6PS. The summed E-state index contributed by atoms with van der Waals surface area (Å²) in [6, 6.07) is 9.22. The molecule has 2 unspecified atom stereocenters. The topological polar surface area (TPSA) is 122 Å². The molecule has 0 radical (unpaired) electrons. The van der Waals surface area contributed by atoms with Gasteiger partial charge in [0.05, 0.1) is 6.61 Å². The smallest absolute Gasteiger partial charge is 0.305 e. The van der Waals surface area contributed by atoms with E-state index in [1.54, 1.807) is 6.92 Å². The van der Waals surface area contributed by atoms with E-state index in [2.05, 4.69) is 10.6 Å². The molecule has 3 N–H and O–H groups in total. The van der Waals surface area contributed by atoms with Gasteiger partial charge < -0.3 is 20.3 Å². The SMILES string of the molecule is CCOC(=O)CCC(C(=O)N[C@H]1CSC(=O)N1)P(=O)(O)CCc1ccccc1. The van der Waals surface area contributed by atoms with Crippen LogP contribution < -0.4 is 10.6 Å². The molecule has 154 valence electrons. The highest BCUT2D eigenvalue weighted by Crippen LogP contribution is 2.48. The predicted octanol–water partition coefficient (Wildman–Crippen LogP) is 2.11. The zero-order valence-electron chi connectivity index (χ0n) is 15.6. The molecule has 0 bridgehead atoms. The quantitative estimate of drug-likeness (QED) is 0.385. The van der Waals surface area contributed by atoms with Crippen molar-refractivity contribution in [3.05, 3.63) is 35.9 Å². The first-order valence-electron chi connectivity index (χ1n) is 9.06. The second kappa shape index (κ2) is 10.6. The van der Waals surface area contributed by atoms with Gasteiger partial charge in [-0.1, -0.05) is 42.1 Å². The van der Waals surface area contributed by atoms with Gasteiger partial charge in [0.2, 0.25) is 13.3 Å². The molecule has 1 aromatic rings. The van der Waals surface area contributed by atoms with Gasteiger partial charge in [-0.05, 0) is 25.3 Å². The fraction of sp³-hybridized carbons (Fsp3) is 0.500. The number of amides is 2. The van der Waals surface area contributed by atoms with Crippen molar-refractivity contribution < 1.29 is 28.6 Å². The molecule has 8 nitrogen and oxygen atoms in total. The van der Waals surface area contributed by atoms with Crippen LogP contribution in [0.4, 0.5) is 4.79 Å². The summed E-state index contributed by atoms with van der Waals surface area (Å²) in [5, 5.41) is 4.90. The first kappa shape index (κ1) is 22.5. The third-order valence-corrected chi connectivity index (χ3v) is 7.48. The Bertz CT molecular complexity index is 745. The number of carbonyl (C=O) groups is 3. The molecule has 1 heterocycles. The largest absolute Gasteiger partial charge is 0.466 e. The van der Waals surface area contributed by atoms with Crippen LogP contribution in [0.2, 0.25) is 0 Å². The Morgan fingerprint density at radius 1 is 1.39 bits per heavy atom. The summed E-state index contributed by atoms with van der Waals surface area (Å²) in [5.41, 5.74) is -0.357. The van der Waals surface area contributed by atoms with Gasteiger partial charge in [0, 0.05) is 18.3 Å². The Morgan fingerprint density at radius 2 is 2.11 bits per heavy atom. The number of nitrogens with one attached hydrogen (secondary N) is 2. The molecule has 28 heavy (non-hydrogen) atoms. The highest BCUT2D eigenvalue weighted by Gasteiger charge is 2.38. The fourth-order valence-corrected chi connectivity index (χ4v) is 5.40. The third kappa shape index (κ3) is 6.96. The second-order valence-corrected chi connectivity index (χ2v) is 9.95. The molecule has 1 aromatic carbocycles. The molecule has 3 atom stereocenters. The molecule has 2 rings (SSSR count). The Balaban J connectivity index is 2.05. The van der Waals surface area contributed by atoms with Crippen molar-refractivity contribution in [1.29, 1.82) is 0 Å². The highest BCUT2D eigenvalue weighted by molar-refractivity contribution is 8.13. The lowest BCUT2D eigenvalue weighted by Crippen LogP contribution is -2.48. The van der Waals surface area contributed by atoms with Crippen molar-refractivity contribution in [2.75, 3.05) is 18.5 Å². The van der Waals surface area contributed by atoms with Gasteiger partial charge in [-0.25, -0.2) is 0 Å². The molecule has 10 heteroatoms. The zero-order valence-corrected chi connectivity index (χ0v) is 17.3. The average molecular weight is 428 g/mol. The van der Waals surface area contributed by atoms with Crippen LogP contribution in [-0.2, 0) is 25.3 Å². The van der Waals surface area contributed by atoms with Gasteiger partial charge in [0.25, 0.3) is 5.24 Å². The summed E-state index contributed by atoms with van der Waals surface area (Å²) in [5.74, 6) is -0.821. The minimum Gasteiger partial charge on any atom is -0.466 e. The standard InChI is InChI=1S/C18H25N2O6PS/c1-2-26-16(21)9-8-14(17(22)19-15-12-28-18(23)20-15)27(24,25)11-10-13-6-4-3-5-7-13/h3-7,14-15H,2,8-12H2,1H3,(H,19,22)(H,20,23)(H,24,25)/t14?,15-/m1/s1. The summed E-state index contributed by atoms with van der Waals surface area (Å²) in [7, 11) is -3.91. The fourth-order valence-electron chi connectivity index (χ4n) is 2.82. The van der Waals surface area contributed by atoms with Gasteiger partial charge >= 0.3 is 5.97 Å². The Kier molecular flexibility index (Phi) is 8.54. The second-order valence-electron chi connectivity index (χ2n) is 6.38. The number of benzene rings is 1. The lowest BCUT2D eigenvalue weighted by Gasteiger charge is -2.24. The number of ether oxygens (including phenoxy) is 1. The van der Waals surface area contributed by atoms with Crippen LogP contribution in [0, 0.1) is 0 Å². The number of hydrogen-bond acceptors (Lipinski definition) is 6. The number of carbonyl (C=O) groups excluding carboxylic acids is 3. The van der Waals surface area contributed by atoms with Gasteiger partial charge in [-0.15, -0.1) is 0 Å². The van der Waals surface area contributed by atoms with Crippen molar-refractivity contribution in [3.8, 4) is 0 Å². The third-order valence-electron chi connectivity index (χ3n) is 4.27. The maximum absolute atomic E-state index is 13.0. The Labute approximate surface area is 168 Å². The monoisotopic (exact) mass is 428 g/mol. The number of hydrogen-bond donors (Lipinski definition) is 3. The van der Waals surface area contributed by atoms with E-state index in [0.29, 0.717) is 12.2 Å². The minimum absolute atomic E-state index is 0.0797. The number of esters is 1. The number of thioether (sulfide) groups is 1. The molecule has 1 fully saturated rings. The summed E-state index contributed by atoms with van der Waals surface area (Å²) in [6.07, 6.45) is -0.559. The molecule has 0 aliphatic carbocycles. The number of aryl methyl sites for hydroxylation is 1. The van der Waals surface area contributed by atoms with Gasteiger partial charge in [-0.2, -0.15) is 0 Å². The lowest BCUT2D eigenvalue weighted by atomic mass is 10.2. The minimum atomic E-state index is -3.91. The molecular weight excluding hydrogens is 403 g/mol. The maximum atomic E-state index is 13.0. The van der Waals surface area contributed by atoms with E-state index >= 15 is 0 Å². The van der Waals surface area contributed by atoms with E-state index in [9.17, 15) is 23.8 Å². The van der Waals surface area contributed by atoms with Gasteiger partial charge in [-0.3, -0.25) is 18.9 Å². The molecule has 2 amide bonds. The van der Waals surface area contributed by atoms with Crippen molar-refractivity contribution in [1.82, 2.24) is 10.6 Å². The summed E-state index contributed by atoms with van der Waals surface area (Å²) in [6.45, 7) is 1.87. The summed E-state index contributed by atoms with van der Waals surface area (Å²) in [4.78, 5) is 46.3. The van der Waals surface area contributed by atoms with Crippen LogP contribution in [0.15, 0.2) is 30.3 Å². The normalized spacial score (nSPS) is 19.4. The van der Waals surface area contributed by atoms with Gasteiger partial charge in [0.1, 0.15) is 11.8 Å². The van der Waals surface area contributed by atoms with E-state index in [1.165, 1.54) is 0 Å². The molecule has 0 spiro atoms. The Hall–Kier alpha value is -1.83. The van der Waals surface area contributed by atoms with Crippen LogP contribution in [0.3, 0.4) is 0 Å².